The second kappa shape index (κ2) is 37.5. The predicted octanol–water partition coefficient (Wildman–Crippen LogP) is 12.4. The van der Waals surface area contributed by atoms with Crippen molar-refractivity contribution >= 4 is 19.8 Å². The Balaban J connectivity index is 4.11. The molecule has 0 radical (unpaired) electrons. The summed E-state index contributed by atoms with van der Waals surface area (Å²) in [5.41, 5.74) is 0. The van der Waals surface area contributed by atoms with E-state index >= 15 is 0 Å². The molecule has 0 aromatic carbocycles. The number of allylic oxidation sites excluding steroid dienone is 10. The van der Waals surface area contributed by atoms with Gasteiger partial charge in [0.25, 0.3) is 0 Å². The normalized spacial score (nSPS) is 14.0. The van der Waals surface area contributed by atoms with Crippen LogP contribution in [-0.2, 0) is 32.7 Å². The van der Waals surface area contributed by atoms with E-state index in [2.05, 4.69) is 79.1 Å². The van der Waals surface area contributed by atoms with Crippen LogP contribution in [0.1, 0.15) is 168 Å². The van der Waals surface area contributed by atoms with Gasteiger partial charge in [-0.25, -0.2) is 4.57 Å². The van der Waals surface area contributed by atoms with E-state index in [0.717, 1.165) is 97.0 Å². The van der Waals surface area contributed by atoms with Crippen molar-refractivity contribution < 1.29 is 37.6 Å². The molecular formula is C42H73O8P. The van der Waals surface area contributed by atoms with Gasteiger partial charge in [0.2, 0.25) is 0 Å². The fourth-order valence-electron chi connectivity index (χ4n) is 5.17. The van der Waals surface area contributed by atoms with Crippen molar-refractivity contribution in [1.29, 1.82) is 0 Å². The van der Waals surface area contributed by atoms with Gasteiger partial charge in [-0.2, -0.15) is 0 Å². The third kappa shape index (κ3) is 37.3. The van der Waals surface area contributed by atoms with E-state index in [9.17, 15) is 19.0 Å². The molecule has 0 amide bonds. The Labute approximate surface area is 311 Å². The summed E-state index contributed by atoms with van der Waals surface area (Å²) in [5.74, 6) is -0.845. The minimum Gasteiger partial charge on any atom is -0.462 e. The van der Waals surface area contributed by atoms with Crippen LogP contribution in [0.3, 0.4) is 0 Å². The Morgan fingerprint density at radius 3 is 1.51 bits per heavy atom. The van der Waals surface area contributed by atoms with Crippen LogP contribution in [0.2, 0.25) is 0 Å². The molecular weight excluding hydrogens is 663 g/mol. The molecule has 2 atom stereocenters. The largest absolute Gasteiger partial charge is 0.472 e. The first-order chi connectivity index (χ1) is 24.8. The second-order valence-electron chi connectivity index (χ2n) is 13.0. The third-order valence-electron chi connectivity index (χ3n) is 8.25. The third-order valence-corrected chi connectivity index (χ3v) is 9.18. The zero-order valence-corrected chi connectivity index (χ0v) is 33.4. The quantitative estimate of drug-likeness (QED) is 0.0293. The predicted molar refractivity (Wildman–Crippen MR) is 211 cm³/mol. The van der Waals surface area contributed by atoms with Gasteiger partial charge in [0.05, 0.1) is 6.61 Å². The molecule has 0 aromatic heterocycles. The van der Waals surface area contributed by atoms with Crippen LogP contribution >= 0.6 is 7.82 Å². The molecule has 0 aliphatic rings. The molecule has 0 spiro atoms. The van der Waals surface area contributed by atoms with Crippen LogP contribution in [0, 0.1) is 0 Å². The van der Waals surface area contributed by atoms with Gasteiger partial charge >= 0.3 is 19.8 Å². The molecule has 0 aliphatic heterocycles. The van der Waals surface area contributed by atoms with Gasteiger partial charge in [0, 0.05) is 20.0 Å². The fourth-order valence-corrected chi connectivity index (χ4v) is 5.63. The average molecular weight is 737 g/mol. The Morgan fingerprint density at radius 2 is 1.00 bits per heavy atom. The lowest BCUT2D eigenvalue weighted by Gasteiger charge is -2.19. The number of hydrogen-bond acceptors (Lipinski definition) is 7. The minimum atomic E-state index is -4.27. The smallest absolute Gasteiger partial charge is 0.462 e. The number of carbonyl (C=O) groups excluding carboxylic acids is 2. The van der Waals surface area contributed by atoms with E-state index in [1.165, 1.54) is 44.9 Å². The Hall–Kier alpha value is -2.25. The van der Waals surface area contributed by atoms with E-state index < -0.39 is 26.5 Å². The molecule has 0 heterocycles. The molecule has 0 fully saturated rings. The van der Waals surface area contributed by atoms with E-state index in [1.54, 1.807) is 0 Å². The molecule has 51 heavy (non-hydrogen) atoms. The molecule has 2 unspecified atom stereocenters. The highest BCUT2D eigenvalue weighted by Crippen LogP contribution is 2.42. The van der Waals surface area contributed by atoms with Crippen molar-refractivity contribution in [1.82, 2.24) is 0 Å². The molecule has 294 valence electrons. The van der Waals surface area contributed by atoms with Crippen molar-refractivity contribution in [2.24, 2.45) is 0 Å². The van der Waals surface area contributed by atoms with E-state index in [1.807, 2.05) is 0 Å². The van der Waals surface area contributed by atoms with Gasteiger partial charge in [0.15, 0.2) is 6.10 Å². The Kier molecular flexibility index (Phi) is 35.9. The van der Waals surface area contributed by atoms with Crippen LogP contribution in [0.15, 0.2) is 60.8 Å². The summed E-state index contributed by atoms with van der Waals surface area (Å²) in [6.07, 6.45) is 45.5. The highest BCUT2D eigenvalue weighted by molar-refractivity contribution is 7.47. The van der Waals surface area contributed by atoms with Crippen LogP contribution in [0.5, 0.6) is 0 Å². The average Bonchev–Trinajstić information content (AvgIpc) is 3.12. The monoisotopic (exact) mass is 737 g/mol. The van der Waals surface area contributed by atoms with Crippen molar-refractivity contribution in [2.45, 2.75) is 174 Å². The first kappa shape index (κ1) is 48.8. The SMILES string of the molecule is CC/C=C\C/C=C\C/C=C\C/C=C\CCCCCCC(=O)OC(COC(=O)CCCCCCC/C=C\CCCCCCCC)COP(=O)(O)OC. The maximum absolute atomic E-state index is 12.5. The number of phosphoric acid groups is 1. The lowest BCUT2D eigenvalue weighted by atomic mass is 10.1. The van der Waals surface area contributed by atoms with Gasteiger partial charge in [-0.1, -0.05) is 139 Å². The van der Waals surface area contributed by atoms with Gasteiger partial charge in [-0.3, -0.25) is 18.6 Å². The summed E-state index contributed by atoms with van der Waals surface area (Å²) in [5, 5.41) is 0. The lowest BCUT2D eigenvalue weighted by molar-refractivity contribution is -0.161. The van der Waals surface area contributed by atoms with Gasteiger partial charge in [-0.05, 0) is 77.0 Å². The lowest BCUT2D eigenvalue weighted by Crippen LogP contribution is -2.29. The van der Waals surface area contributed by atoms with E-state index in [4.69, 9.17) is 14.0 Å². The van der Waals surface area contributed by atoms with Crippen LogP contribution in [0.25, 0.3) is 0 Å². The molecule has 0 saturated heterocycles. The first-order valence-corrected chi connectivity index (χ1v) is 21.5. The Bertz CT molecular complexity index is 1020. The van der Waals surface area contributed by atoms with Crippen molar-refractivity contribution in [2.75, 3.05) is 20.3 Å². The number of carbonyl (C=O) groups is 2. The molecule has 0 bridgehead atoms. The van der Waals surface area contributed by atoms with Crippen molar-refractivity contribution in [3.63, 3.8) is 0 Å². The first-order valence-electron chi connectivity index (χ1n) is 20.0. The Morgan fingerprint density at radius 1 is 0.569 bits per heavy atom. The number of esters is 2. The van der Waals surface area contributed by atoms with Crippen molar-refractivity contribution in [3.05, 3.63) is 60.8 Å². The number of hydrogen-bond donors (Lipinski definition) is 1. The summed E-state index contributed by atoms with van der Waals surface area (Å²) in [4.78, 5) is 34.4. The van der Waals surface area contributed by atoms with Gasteiger partial charge < -0.3 is 14.4 Å². The van der Waals surface area contributed by atoms with Crippen LogP contribution in [0.4, 0.5) is 0 Å². The summed E-state index contributed by atoms with van der Waals surface area (Å²) in [6, 6.07) is 0. The topological polar surface area (TPSA) is 108 Å². The van der Waals surface area contributed by atoms with Crippen LogP contribution < -0.4 is 0 Å². The zero-order chi connectivity index (χ0) is 37.5. The minimum absolute atomic E-state index is 0.213. The fraction of sp³-hybridized carbons (Fsp3) is 0.714. The van der Waals surface area contributed by atoms with E-state index in [-0.39, 0.29) is 25.4 Å². The van der Waals surface area contributed by atoms with Gasteiger partial charge in [-0.15, -0.1) is 0 Å². The molecule has 9 heteroatoms. The highest BCUT2D eigenvalue weighted by atomic mass is 31.2. The molecule has 0 aliphatic carbocycles. The molecule has 8 nitrogen and oxygen atoms in total. The van der Waals surface area contributed by atoms with E-state index in [0.29, 0.717) is 6.42 Å². The standard InChI is InChI=1S/C42H73O8P/c1-4-6-8-10-12-14-16-18-20-21-23-25-27-29-31-33-35-37-42(44)50-40(39-49-51(45,46)47-3)38-48-41(43)36-34-32-30-28-26-24-22-19-17-15-13-11-9-7-5-2/h6,8,12,14,18-20,22-23,25,40H,4-5,7,9-11,13,15-17,21,24,26-39H2,1-3H3,(H,45,46)/b8-6-,14-12-,20-18-,22-19-,25-23-. The molecule has 0 aromatic rings. The van der Waals surface area contributed by atoms with Crippen LogP contribution in [-0.4, -0.2) is 43.3 Å². The van der Waals surface area contributed by atoms with Crippen molar-refractivity contribution in [3.8, 4) is 0 Å². The summed E-state index contributed by atoms with van der Waals surface area (Å²) in [7, 11) is -3.22. The second-order valence-corrected chi connectivity index (χ2v) is 14.6. The molecule has 0 rings (SSSR count). The number of rotatable bonds is 36. The maximum Gasteiger partial charge on any atom is 0.472 e. The molecule has 0 saturated carbocycles. The summed E-state index contributed by atoms with van der Waals surface area (Å²) >= 11 is 0. The molecule has 1 N–H and O–H groups in total. The number of ether oxygens (including phenoxy) is 2. The summed E-state index contributed by atoms with van der Waals surface area (Å²) < 4.78 is 31.9. The maximum atomic E-state index is 12.5. The summed E-state index contributed by atoms with van der Waals surface area (Å²) in [6.45, 7) is 3.73. The number of phosphoric ester groups is 1. The highest BCUT2D eigenvalue weighted by Gasteiger charge is 2.24. The number of unbranched alkanes of at least 4 members (excludes halogenated alkanes) is 15. The zero-order valence-electron chi connectivity index (χ0n) is 32.5. The van der Waals surface area contributed by atoms with Gasteiger partial charge in [0.1, 0.15) is 6.61 Å².